The van der Waals surface area contributed by atoms with Crippen molar-refractivity contribution in [1.82, 2.24) is 9.78 Å². The molecular weight excluding hydrogens is 186 g/mol. The number of nitrogens with one attached hydrogen (secondary N) is 1. The van der Waals surface area contributed by atoms with Gasteiger partial charge in [-0.05, 0) is 39.5 Å². The van der Waals surface area contributed by atoms with Crippen LogP contribution >= 0.6 is 0 Å². The molecular formula is C12H19N3. The molecule has 2 heterocycles. The molecule has 1 saturated carbocycles. The first-order chi connectivity index (χ1) is 7.27. The van der Waals surface area contributed by atoms with Crippen molar-refractivity contribution in [3.8, 4) is 0 Å². The average molecular weight is 205 g/mol. The van der Waals surface area contributed by atoms with E-state index in [-0.39, 0.29) is 0 Å². The maximum Gasteiger partial charge on any atom is 0.128 e. The van der Waals surface area contributed by atoms with Crippen molar-refractivity contribution in [1.29, 1.82) is 0 Å². The van der Waals surface area contributed by atoms with Crippen molar-refractivity contribution in [3.05, 3.63) is 11.3 Å². The van der Waals surface area contributed by atoms with Gasteiger partial charge in [-0.25, -0.2) is 4.68 Å². The fourth-order valence-corrected chi connectivity index (χ4v) is 2.45. The normalized spacial score (nSPS) is 20.2. The first-order valence-corrected chi connectivity index (χ1v) is 6.12. The van der Waals surface area contributed by atoms with Crippen LogP contribution in [0.3, 0.4) is 0 Å². The Labute approximate surface area is 90.9 Å². The molecule has 0 atom stereocenters. The third kappa shape index (κ3) is 1.45. The van der Waals surface area contributed by atoms with Gasteiger partial charge in [0, 0.05) is 24.1 Å². The summed E-state index contributed by atoms with van der Waals surface area (Å²) in [6.45, 7) is 5.52. The second kappa shape index (κ2) is 3.26. The summed E-state index contributed by atoms with van der Waals surface area (Å²) in [6, 6.07) is 0.469. The summed E-state index contributed by atoms with van der Waals surface area (Å²) in [7, 11) is 0. The number of nitrogens with zero attached hydrogens (tertiary/aromatic N) is 2. The lowest BCUT2D eigenvalue weighted by atomic mass is 10.0. The Bertz CT molecular complexity index is 348. The minimum atomic E-state index is 0.469. The maximum absolute atomic E-state index is 4.81. The van der Waals surface area contributed by atoms with Crippen LogP contribution in [0, 0.1) is 0 Å². The van der Waals surface area contributed by atoms with Crippen LogP contribution in [0.2, 0.25) is 0 Å². The zero-order chi connectivity index (χ0) is 10.4. The summed E-state index contributed by atoms with van der Waals surface area (Å²) in [5.74, 6) is 2.08. The molecule has 1 fully saturated rings. The van der Waals surface area contributed by atoms with Crippen LogP contribution in [0.25, 0.3) is 0 Å². The van der Waals surface area contributed by atoms with Crippen LogP contribution in [-0.4, -0.2) is 16.3 Å². The highest BCUT2D eigenvalue weighted by molar-refractivity contribution is 5.52. The summed E-state index contributed by atoms with van der Waals surface area (Å²) in [4.78, 5) is 0. The number of aromatic nitrogens is 2. The molecule has 1 N–H and O–H groups in total. The fraction of sp³-hybridized carbons (Fsp3) is 0.750. The van der Waals surface area contributed by atoms with Gasteiger partial charge in [-0.1, -0.05) is 0 Å². The van der Waals surface area contributed by atoms with Gasteiger partial charge >= 0.3 is 0 Å². The molecule has 0 radical (unpaired) electrons. The SMILES string of the molecule is CC(C)n1nc(C2CC2)c2c1NCCC2. The molecule has 0 amide bonds. The summed E-state index contributed by atoms with van der Waals surface area (Å²) in [5, 5.41) is 8.32. The quantitative estimate of drug-likeness (QED) is 0.804. The zero-order valence-electron chi connectivity index (χ0n) is 9.58. The Morgan fingerprint density at radius 3 is 2.87 bits per heavy atom. The molecule has 0 bridgehead atoms. The monoisotopic (exact) mass is 205 g/mol. The Balaban J connectivity index is 2.08. The van der Waals surface area contributed by atoms with E-state index in [1.807, 2.05) is 0 Å². The van der Waals surface area contributed by atoms with Gasteiger partial charge in [0.05, 0.1) is 5.69 Å². The van der Waals surface area contributed by atoms with Crippen LogP contribution in [0.15, 0.2) is 0 Å². The lowest BCUT2D eigenvalue weighted by Gasteiger charge is -2.18. The minimum absolute atomic E-state index is 0.469. The van der Waals surface area contributed by atoms with E-state index < -0.39 is 0 Å². The van der Waals surface area contributed by atoms with Gasteiger partial charge in [-0.15, -0.1) is 0 Å². The van der Waals surface area contributed by atoms with Gasteiger partial charge < -0.3 is 5.32 Å². The highest BCUT2D eigenvalue weighted by Crippen LogP contribution is 2.44. The van der Waals surface area contributed by atoms with E-state index in [9.17, 15) is 0 Å². The summed E-state index contributed by atoms with van der Waals surface area (Å²) < 4.78 is 2.18. The van der Waals surface area contributed by atoms with Crippen LogP contribution in [0.4, 0.5) is 5.82 Å². The number of fused-ring (bicyclic) bond motifs is 1. The van der Waals surface area contributed by atoms with Gasteiger partial charge in [-0.2, -0.15) is 5.10 Å². The van der Waals surface area contributed by atoms with Crippen molar-refractivity contribution in [2.45, 2.75) is 51.5 Å². The average Bonchev–Trinajstić information content (AvgIpc) is 2.99. The minimum Gasteiger partial charge on any atom is -0.370 e. The van der Waals surface area contributed by atoms with Gasteiger partial charge in [0.2, 0.25) is 0 Å². The van der Waals surface area contributed by atoms with Gasteiger partial charge in [0.15, 0.2) is 0 Å². The molecule has 3 rings (SSSR count). The highest BCUT2D eigenvalue weighted by Gasteiger charge is 2.32. The molecule has 1 aliphatic carbocycles. The number of hydrogen-bond donors (Lipinski definition) is 1. The van der Waals surface area contributed by atoms with E-state index in [4.69, 9.17) is 5.10 Å². The van der Waals surface area contributed by atoms with E-state index in [1.165, 1.54) is 42.8 Å². The van der Waals surface area contributed by atoms with E-state index >= 15 is 0 Å². The van der Waals surface area contributed by atoms with E-state index in [2.05, 4.69) is 23.8 Å². The lowest BCUT2D eigenvalue weighted by molar-refractivity contribution is 0.530. The van der Waals surface area contributed by atoms with Crippen molar-refractivity contribution in [2.24, 2.45) is 0 Å². The Morgan fingerprint density at radius 1 is 1.40 bits per heavy atom. The molecule has 0 aromatic carbocycles. The van der Waals surface area contributed by atoms with E-state index in [0.717, 1.165) is 12.5 Å². The standard InChI is InChI=1S/C12H19N3/c1-8(2)15-12-10(4-3-7-13-12)11(14-15)9-5-6-9/h8-9,13H,3-7H2,1-2H3. The second-order valence-electron chi connectivity index (χ2n) is 5.06. The summed E-state index contributed by atoms with van der Waals surface area (Å²) in [6.07, 6.45) is 5.18. The van der Waals surface area contributed by atoms with Crippen LogP contribution in [0.5, 0.6) is 0 Å². The van der Waals surface area contributed by atoms with Crippen molar-refractivity contribution < 1.29 is 0 Å². The molecule has 1 aliphatic heterocycles. The molecule has 1 aromatic heterocycles. The number of anilines is 1. The third-order valence-electron chi connectivity index (χ3n) is 3.39. The predicted molar refractivity (Wildman–Crippen MR) is 61.4 cm³/mol. The molecule has 0 saturated heterocycles. The van der Waals surface area contributed by atoms with Crippen molar-refractivity contribution in [3.63, 3.8) is 0 Å². The molecule has 2 aliphatic rings. The van der Waals surface area contributed by atoms with Crippen molar-refractivity contribution in [2.75, 3.05) is 11.9 Å². The predicted octanol–water partition coefficient (Wildman–Crippen LogP) is 2.70. The second-order valence-corrected chi connectivity index (χ2v) is 5.06. The maximum atomic E-state index is 4.81. The lowest BCUT2D eigenvalue weighted by Crippen LogP contribution is -2.16. The van der Waals surface area contributed by atoms with E-state index in [1.54, 1.807) is 0 Å². The highest BCUT2D eigenvalue weighted by atomic mass is 15.4. The van der Waals surface area contributed by atoms with Crippen LogP contribution < -0.4 is 5.32 Å². The smallest absolute Gasteiger partial charge is 0.128 e. The fourth-order valence-electron chi connectivity index (χ4n) is 2.45. The summed E-state index contributed by atoms with van der Waals surface area (Å²) >= 11 is 0. The first-order valence-electron chi connectivity index (χ1n) is 6.12. The van der Waals surface area contributed by atoms with Crippen LogP contribution in [-0.2, 0) is 6.42 Å². The molecule has 0 unspecified atom stereocenters. The molecule has 3 heteroatoms. The zero-order valence-corrected chi connectivity index (χ0v) is 9.58. The Hall–Kier alpha value is -0.990. The first kappa shape index (κ1) is 9.25. The van der Waals surface area contributed by atoms with Gasteiger partial charge in [0.25, 0.3) is 0 Å². The van der Waals surface area contributed by atoms with Gasteiger partial charge in [0.1, 0.15) is 5.82 Å². The third-order valence-corrected chi connectivity index (χ3v) is 3.39. The van der Waals surface area contributed by atoms with Gasteiger partial charge in [-0.3, -0.25) is 0 Å². The summed E-state index contributed by atoms with van der Waals surface area (Å²) in [5.41, 5.74) is 2.91. The molecule has 15 heavy (non-hydrogen) atoms. The molecule has 0 spiro atoms. The topological polar surface area (TPSA) is 29.9 Å². The van der Waals surface area contributed by atoms with Crippen LogP contribution in [0.1, 0.15) is 56.3 Å². The number of hydrogen-bond acceptors (Lipinski definition) is 2. The van der Waals surface area contributed by atoms with E-state index in [0.29, 0.717) is 6.04 Å². The molecule has 82 valence electrons. The Morgan fingerprint density at radius 2 is 2.20 bits per heavy atom. The largest absolute Gasteiger partial charge is 0.370 e. The van der Waals surface area contributed by atoms with Crippen molar-refractivity contribution >= 4 is 5.82 Å². The number of rotatable bonds is 2. The Kier molecular flexibility index (Phi) is 2.01. The molecule has 1 aromatic rings. The molecule has 3 nitrogen and oxygen atoms in total.